The van der Waals surface area contributed by atoms with Crippen LogP contribution in [0.2, 0.25) is 0 Å². The second kappa shape index (κ2) is 21.8. The minimum absolute atomic E-state index is 0.0185. The molecule has 3 fully saturated rings. The number of nitrogen functional groups attached to an aromatic ring is 1. The van der Waals surface area contributed by atoms with Crippen LogP contribution in [-0.4, -0.2) is 65.0 Å². The lowest BCUT2D eigenvalue weighted by Gasteiger charge is -2.04. The molecule has 0 radical (unpaired) electrons. The number of nitrogens with one attached hydrogen (secondary N) is 2. The number of nitrogens with zero attached hydrogens (tertiary/aromatic N) is 5. The summed E-state index contributed by atoms with van der Waals surface area (Å²) < 4.78 is 5.38. The van der Waals surface area contributed by atoms with E-state index in [1.165, 1.54) is 45.8 Å². The second-order valence-electron chi connectivity index (χ2n) is 15.4. The van der Waals surface area contributed by atoms with E-state index >= 15 is 0 Å². The molecule has 0 atom stereocenters. The molecule has 5 heterocycles. The van der Waals surface area contributed by atoms with Gasteiger partial charge in [-0.1, -0.05) is 71.9 Å². The number of rotatable bonds is 7. The van der Waals surface area contributed by atoms with Crippen molar-refractivity contribution in [2.45, 2.75) is 52.4 Å². The first-order chi connectivity index (χ1) is 31.2. The molecule has 0 spiro atoms. The van der Waals surface area contributed by atoms with Crippen LogP contribution in [-0.2, 0) is 14.4 Å². The maximum Gasteiger partial charge on any atom is 0.490 e. The minimum atomic E-state index is -1.41. The van der Waals surface area contributed by atoms with Crippen molar-refractivity contribution in [2.24, 2.45) is 17.8 Å². The quantitative estimate of drug-likeness (QED) is 0.0821. The number of halogens is 2. The molecule has 3 aliphatic carbocycles. The number of carbonyl (C=O) groups is 3. The number of benzene rings is 3. The molecule has 0 bridgehead atoms. The average molecular weight is 1060 g/mol. The highest BCUT2D eigenvalue weighted by Gasteiger charge is 2.31. The number of hydrogen-bond donors (Lipinski definition) is 6. The molecule has 65 heavy (non-hydrogen) atoms. The van der Waals surface area contributed by atoms with Gasteiger partial charge >= 0.3 is 13.1 Å². The summed E-state index contributed by atoms with van der Waals surface area (Å²) in [5.74, 6) is 0.0138. The topological polar surface area (TPSA) is 226 Å². The lowest BCUT2D eigenvalue weighted by molar-refractivity contribution is -0.138. The Morgan fingerprint density at radius 1 is 0.646 bits per heavy atom. The van der Waals surface area contributed by atoms with Crippen molar-refractivity contribution in [3.05, 3.63) is 112 Å². The van der Waals surface area contributed by atoms with Gasteiger partial charge in [-0.3, -0.25) is 24.4 Å². The summed E-state index contributed by atoms with van der Waals surface area (Å²) in [6, 6.07) is 21.7. The summed E-state index contributed by atoms with van der Waals surface area (Å²) in [6.45, 7) is 3.88. The van der Waals surface area contributed by atoms with Crippen LogP contribution in [0.3, 0.4) is 0 Å². The van der Waals surface area contributed by atoms with Gasteiger partial charge in [0.05, 0.1) is 36.6 Å². The minimum Gasteiger partial charge on any atom is -0.481 e. The van der Waals surface area contributed by atoms with Crippen molar-refractivity contribution in [3.8, 4) is 11.1 Å². The molecule has 3 aromatic carbocycles. The average Bonchev–Trinajstić information content (AvgIpc) is 4.17. The lowest BCUT2D eigenvalue weighted by atomic mass is 9.79. The van der Waals surface area contributed by atoms with Crippen molar-refractivity contribution >= 4 is 142 Å². The highest BCUT2D eigenvalue weighted by molar-refractivity contribution is 9.10. The molecule has 0 saturated heterocycles. The van der Waals surface area contributed by atoms with E-state index in [0.29, 0.717) is 20.9 Å². The molecule has 0 aliphatic heterocycles. The van der Waals surface area contributed by atoms with Gasteiger partial charge in [-0.25, -0.2) is 15.0 Å². The Morgan fingerprint density at radius 2 is 1.12 bits per heavy atom. The van der Waals surface area contributed by atoms with Crippen molar-refractivity contribution in [1.29, 1.82) is 0 Å². The maximum absolute atomic E-state index is 11.8. The van der Waals surface area contributed by atoms with Crippen LogP contribution in [0, 0.1) is 31.6 Å². The molecule has 3 saturated carbocycles. The van der Waals surface area contributed by atoms with E-state index in [0.717, 1.165) is 94.8 Å². The zero-order valence-corrected chi connectivity index (χ0v) is 40.7. The number of hydrogen-bond acceptors (Lipinski definition) is 14. The first-order valence-corrected chi connectivity index (χ1v) is 24.5. The van der Waals surface area contributed by atoms with Crippen LogP contribution in [0.25, 0.3) is 41.8 Å². The predicted molar refractivity (Wildman–Crippen MR) is 269 cm³/mol. The van der Waals surface area contributed by atoms with Crippen LogP contribution in [0.4, 0.5) is 15.4 Å². The van der Waals surface area contributed by atoms with Crippen LogP contribution in [0.15, 0.2) is 100 Å². The maximum atomic E-state index is 11.8. The molecular weight excluding hydrogens is 1020 g/mol. The van der Waals surface area contributed by atoms with Gasteiger partial charge in [-0.2, -0.15) is 0 Å². The zero-order chi connectivity index (χ0) is 46.2. The summed E-state index contributed by atoms with van der Waals surface area (Å²) >= 11 is 11.3. The van der Waals surface area contributed by atoms with Gasteiger partial charge in [0.2, 0.25) is 11.8 Å². The first kappa shape index (κ1) is 47.7. The number of carbonyl (C=O) groups excluding carboxylic acids is 2. The number of carboxylic acids is 1. The highest BCUT2D eigenvalue weighted by atomic mass is 79.9. The van der Waals surface area contributed by atoms with Gasteiger partial charge in [0, 0.05) is 56.6 Å². The fourth-order valence-corrected chi connectivity index (χ4v) is 9.58. The normalized spacial score (nSPS) is 13.8. The summed E-state index contributed by atoms with van der Waals surface area (Å²) in [5, 5.41) is 33.3. The number of pyridine rings is 2. The number of anilines is 3. The monoisotopic (exact) mass is 1060 g/mol. The summed E-state index contributed by atoms with van der Waals surface area (Å²) in [5.41, 5.74) is 13.1. The van der Waals surface area contributed by atoms with Crippen LogP contribution in [0.5, 0.6) is 0 Å². The summed E-state index contributed by atoms with van der Waals surface area (Å²) in [6.07, 6.45) is 12.6. The highest BCUT2D eigenvalue weighted by Crippen LogP contribution is 2.35. The van der Waals surface area contributed by atoms with E-state index in [4.69, 9.17) is 20.9 Å². The van der Waals surface area contributed by atoms with Gasteiger partial charge in [0.1, 0.15) is 0 Å². The molecule has 20 heteroatoms. The number of aliphatic carboxylic acids is 1. The smallest absolute Gasteiger partial charge is 0.481 e. The fourth-order valence-electron chi connectivity index (χ4n) is 5.96. The van der Waals surface area contributed by atoms with Crippen molar-refractivity contribution < 1.29 is 29.5 Å². The van der Waals surface area contributed by atoms with E-state index in [2.05, 4.69) is 86.5 Å². The lowest BCUT2D eigenvalue weighted by Crippen LogP contribution is -2.32. The van der Waals surface area contributed by atoms with Gasteiger partial charge in [0.15, 0.2) is 15.4 Å². The van der Waals surface area contributed by atoms with Crippen LogP contribution < -0.4 is 21.8 Å². The standard InChI is InChI=1S/C17H15N3OS.C11H9BrN2OS.C7H5BrN2S.C6H8BNO2.C4H6O2/c1-10-6-7-18-9-13(10)12-4-5-14-15(8-12)22-17(19-14)20-16(21)11-2-3-11;12-7-3-4-8-9(5-7)16-11(13-8)14-10(15)6-1-2-6;8-4-1-2-5-6(3-4)11-7(9)10-5;1-5-2-3-8-4-6(5)7(9)10;5-4(6)3-1-2-3/h4-9,11H,2-3H2,1H3,(H,19,20,21);3-6H,1-2H2,(H,13,14,15);1-3H,(H2,9,10);2-4,9-10H,1H3;3H,1-2H2,(H,5,6). The molecule has 3 aliphatic rings. The Morgan fingerprint density at radius 3 is 1.58 bits per heavy atom. The molecule has 2 amide bonds. The number of fused-ring (bicyclic) bond motifs is 3. The van der Waals surface area contributed by atoms with Gasteiger partial charge in [0.25, 0.3) is 0 Å². The first-order valence-electron chi connectivity index (χ1n) is 20.5. The van der Waals surface area contributed by atoms with Gasteiger partial charge < -0.3 is 31.5 Å². The SMILES string of the molecule is Cc1ccncc1-c1ccc2nc(NC(=O)C3CC3)sc2c1.Cc1ccncc1B(O)O.Nc1nc2ccc(Br)cc2s1.O=C(Nc1nc2ccc(Br)cc2s1)C1CC1.O=C(O)C1CC1. The third-order valence-electron chi connectivity index (χ3n) is 10.1. The Labute approximate surface area is 403 Å². The summed E-state index contributed by atoms with van der Waals surface area (Å²) in [7, 11) is -1.41. The van der Waals surface area contributed by atoms with Crippen molar-refractivity contribution in [2.75, 3.05) is 16.4 Å². The Kier molecular flexibility index (Phi) is 16.0. The van der Waals surface area contributed by atoms with Crippen LogP contribution >= 0.6 is 65.9 Å². The number of aromatic nitrogens is 5. The largest absolute Gasteiger partial charge is 0.490 e. The number of nitrogens with two attached hydrogens (primary N) is 1. The number of thiazole rings is 3. The summed E-state index contributed by atoms with van der Waals surface area (Å²) in [4.78, 5) is 54.1. The predicted octanol–water partition coefficient (Wildman–Crippen LogP) is 9.61. The van der Waals surface area contributed by atoms with Crippen LogP contribution in [0.1, 0.15) is 49.7 Å². The molecule has 334 valence electrons. The third-order valence-corrected chi connectivity index (χ3v) is 13.8. The number of carboxylic acid groups (broad SMARTS) is 1. The van der Waals surface area contributed by atoms with Crippen molar-refractivity contribution in [3.63, 3.8) is 0 Å². The molecular formula is C45H43BBr2N8O6S3. The molecule has 5 aromatic heterocycles. The molecule has 14 nitrogen and oxygen atoms in total. The molecule has 8 aromatic rings. The van der Waals surface area contributed by atoms with E-state index in [1.807, 2.05) is 54.7 Å². The second-order valence-corrected chi connectivity index (χ2v) is 20.4. The Hall–Kier alpha value is -5.22. The number of amides is 2. The van der Waals surface area contributed by atoms with Gasteiger partial charge in [-0.05, 0) is 130 Å². The fraction of sp³-hybridized carbons (Fsp3) is 0.244. The van der Waals surface area contributed by atoms with E-state index in [-0.39, 0.29) is 29.6 Å². The van der Waals surface area contributed by atoms with E-state index in [9.17, 15) is 14.4 Å². The molecule has 7 N–H and O–H groups in total. The van der Waals surface area contributed by atoms with Gasteiger partial charge in [-0.15, -0.1) is 0 Å². The third kappa shape index (κ3) is 13.9. The Bertz CT molecular complexity index is 2970. The Balaban J connectivity index is 0.000000129. The van der Waals surface area contributed by atoms with E-state index in [1.54, 1.807) is 25.4 Å². The van der Waals surface area contributed by atoms with Crippen molar-refractivity contribution in [1.82, 2.24) is 24.9 Å². The zero-order valence-electron chi connectivity index (χ0n) is 35.1. The molecule has 0 unspecified atom stereocenters. The van der Waals surface area contributed by atoms with E-state index < -0.39 is 13.1 Å². The number of aryl methyl sites for hydroxylation is 2. The molecule has 11 rings (SSSR count).